The van der Waals surface area contributed by atoms with Gasteiger partial charge in [-0.15, -0.1) is 0 Å². The zero-order valence-electron chi connectivity index (χ0n) is 9.82. The molecule has 1 rings (SSSR count). The first-order chi connectivity index (χ1) is 7.27. The molecule has 0 aliphatic carbocycles. The molecule has 1 heterocycles. The van der Waals surface area contributed by atoms with E-state index in [4.69, 9.17) is 4.52 Å². The fraction of sp³-hybridized carbons (Fsp3) is 0.333. The van der Waals surface area contributed by atoms with E-state index < -0.39 is 0 Å². The van der Waals surface area contributed by atoms with Gasteiger partial charge in [-0.05, 0) is 13.8 Å². The minimum absolute atomic E-state index is 0.524. The molecular formula is C12H18N2O. The van der Waals surface area contributed by atoms with Gasteiger partial charge >= 0.3 is 0 Å². The van der Waals surface area contributed by atoms with E-state index in [1.54, 1.807) is 13.0 Å². The SMILES string of the molecule is C=C/C=C(\C=C/C)c1nc(C)no1.CC. The third kappa shape index (κ3) is 4.40. The maximum Gasteiger partial charge on any atom is 0.257 e. The van der Waals surface area contributed by atoms with Gasteiger partial charge in [-0.25, -0.2) is 0 Å². The highest BCUT2D eigenvalue weighted by Crippen LogP contribution is 2.13. The Morgan fingerprint density at radius 1 is 1.40 bits per heavy atom. The van der Waals surface area contributed by atoms with Crippen molar-refractivity contribution in [3.05, 3.63) is 42.6 Å². The van der Waals surface area contributed by atoms with Crippen molar-refractivity contribution in [2.45, 2.75) is 27.7 Å². The van der Waals surface area contributed by atoms with E-state index in [1.165, 1.54) is 0 Å². The van der Waals surface area contributed by atoms with Crippen molar-refractivity contribution in [1.82, 2.24) is 10.1 Å². The normalized spacial score (nSPS) is 11.1. The summed E-state index contributed by atoms with van der Waals surface area (Å²) in [5, 5.41) is 3.71. The topological polar surface area (TPSA) is 38.9 Å². The van der Waals surface area contributed by atoms with Gasteiger partial charge in [0.2, 0.25) is 0 Å². The van der Waals surface area contributed by atoms with E-state index in [2.05, 4.69) is 16.7 Å². The van der Waals surface area contributed by atoms with Crippen LogP contribution in [0.4, 0.5) is 0 Å². The first-order valence-corrected chi connectivity index (χ1v) is 5.04. The number of rotatable bonds is 3. The lowest BCUT2D eigenvalue weighted by molar-refractivity contribution is 0.403. The van der Waals surface area contributed by atoms with Gasteiger partial charge in [-0.1, -0.05) is 49.9 Å². The predicted molar refractivity (Wildman–Crippen MR) is 63.4 cm³/mol. The lowest BCUT2D eigenvalue weighted by Crippen LogP contribution is -1.80. The molecule has 3 heteroatoms. The van der Waals surface area contributed by atoms with E-state index in [0.717, 1.165) is 5.57 Å². The Kier molecular flexibility index (Phi) is 6.89. The molecule has 0 N–H and O–H groups in total. The number of hydrogen-bond acceptors (Lipinski definition) is 3. The molecule has 0 saturated heterocycles. The van der Waals surface area contributed by atoms with E-state index in [0.29, 0.717) is 11.7 Å². The predicted octanol–water partition coefficient (Wildman–Crippen LogP) is 3.55. The second-order valence-corrected chi connectivity index (χ2v) is 2.50. The minimum Gasteiger partial charge on any atom is -0.334 e. The maximum atomic E-state index is 5.00. The van der Waals surface area contributed by atoms with E-state index in [1.807, 2.05) is 39.0 Å². The number of hydrogen-bond donors (Lipinski definition) is 0. The summed E-state index contributed by atoms with van der Waals surface area (Å²) in [5.41, 5.74) is 0.873. The maximum absolute atomic E-state index is 5.00. The molecule has 0 amide bonds. The van der Waals surface area contributed by atoms with Gasteiger partial charge in [-0.3, -0.25) is 0 Å². The molecule has 0 fully saturated rings. The summed E-state index contributed by atoms with van der Waals surface area (Å²) in [4.78, 5) is 4.10. The Balaban J connectivity index is 0.000000921. The molecule has 0 aromatic carbocycles. The second kappa shape index (κ2) is 7.74. The summed E-state index contributed by atoms with van der Waals surface area (Å²) in [6.07, 6.45) is 7.32. The van der Waals surface area contributed by atoms with Gasteiger partial charge in [0.25, 0.3) is 5.89 Å². The lowest BCUT2D eigenvalue weighted by atomic mass is 10.2. The molecule has 1 aromatic rings. The van der Waals surface area contributed by atoms with E-state index >= 15 is 0 Å². The molecular weight excluding hydrogens is 188 g/mol. The van der Waals surface area contributed by atoms with Crippen molar-refractivity contribution in [2.24, 2.45) is 0 Å². The largest absolute Gasteiger partial charge is 0.334 e. The van der Waals surface area contributed by atoms with Crippen LogP contribution in [0, 0.1) is 6.92 Å². The number of aryl methyl sites for hydroxylation is 1. The third-order valence-electron chi connectivity index (χ3n) is 1.42. The van der Waals surface area contributed by atoms with Crippen molar-refractivity contribution >= 4 is 5.57 Å². The first kappa shape index (κ1) is 13.4. The zero-order chi connectivity index (χ0) is 11.7. The summed E-state index contributed by atoms with van der Waals surface area (Å²) in [5.74, 6) is 1.16. The number of allylic oxidation sites excluding steroid dienone is 5. The molecule has 3 nitrogen and oxygen atoms in total. The molecule has 1 aromatic heterocycles. The first-order valence-electron chi connectivity index (χ1n) is 5.04. The smallest absolute Gasteiger partial charge is 0.257 e. The zero-order valence-corrected chi connectivity index (χ0v) is 9.82. The van der Waals surface area contributed by atoms with Crippen molar-refractivity contribution in [1.29, 1.82) is 0 Å². The van der Waals surface area contributed by atoms with Gasteiger partial charge in [0.1, 0.15) is 0 Å². The molecule has 0 saturated carbocycles. The van der Waals surface area contributed by atoms with E-state index in [-0.39, 0.29) is 0 Å². The van der Waals surface area contributed by atoms with Crippen molar-refractivity contribution in [3.63, 3.8) is 0 Å². The highest BCUT2D eigenvalue weighted by Gasteiger charge is 2.04. The Morgan fingerprint density at radius 3 is 2.47 bits per heavy atom. The monoisotopic (exact) mass is 206 g/mol. The molecule has 15 heavy (non-hydrogen) atoms. The van der Waals surface area contributed by atoms with Crippen LogP contribution in [0.25, 0.3) is 5.57 Å². The number of nitrogens with zero attached hydrogens (tertiary/aromatic N) is 2. The van der Waals surface area contributed by atoms with Crippen LogP contribution >= 0.6 is 0 Å². The molecule has 0 aliphatic rings. The molecule has 0 spiro atoms. The van der Waals surface area contributed by atoms with Crippen LogP contribution in [0.15, 0.2) is 35.4 Å². The minimum atomic E-state index is 0.524. The summed E-state index contributed by atoms with van der Waals surface area (Å²) in [6.45, 7) is 11.3. The highest BCUT2D eigenvalue weighted by molar-refractivity contribution is 5.69. The third-order valence-corrected chi connectivity index (χ3v) is 1.42. The second-order valence-electron chi connectivity index (χ2n) is 2.50. The Bertz CT molecular complexity index is 348. The quantitative estimate of drug-likeness (QED) is 0.710. The number of aromatic nitrogens is 2. The molecule has 0 radical (unpaired) electrons. The summed E-state index contributed by atoms with van der Waals surface area (Å²) in [7, 11) is 0. The lowest BCUT2D eigenvalue weighted by Gasteiger charge is -1.90. The van der Waals surface area contributed by atoms with Gasteiger partial charge in [0.05, 0.1) is 0 Å². The standard InChI is InChI=1S/C10H12N2O.C2H6/c1-4-6-9(7-5-2)10-11-8(3)12-13-10;1-2/h4-7H,1H2,2-3H3;1-2H3/b7-5-,9-6+;. The van der Waals surface area contributed by atoms with Gasteiger partial charge in [0.15, 0.2) is 5.82 Å². The molecule has 0 unspecified atom stereocenters. The Hall–Kier alpha value is -1.64. The van der Waals surface area contributed by atoms with Gasteiger partial charge in [0, 0.05) is 5.57 Å². The van der Waals surface area contributed by atoms with Crippen LogP contribution in [0.2, 0.25) is 0 Å². The van der Waals surface area contributed by atoms with Crippen LogP contribution in [-0.4, -0.2) is 10.1 Å². The van der Waals surface area contributed by atoms with Crippen molar-refractivity contribution < 1.29 is 4.52 Å². The van der Waals surface area contributed by atoms with Crippen molar-refractivity contribution in [2.75, 3.05) is 0 Å². The fourth-order valence-electron chi connectivity index (χ4n) is 0.919. The van der Waals surface area contributed by atoms with Gasteiger partial charge < -0.3 is 4.52 Å². The van der Waals surface area contributed by atoms with Crippen molar-refractivity contribution in [3.8, 4) is 0 Å². The van der Waals surface area contributed by atoms with Crippen LogP contribution < -0.4 is 0 Å². The van der Waals surface area contributed by atoms with Gasteiger partial charge in [-0.2, -0.15) is 4.98 Å². The van der Waals surface area contributed by atoms with Crippen LogP contribution in [0.3, 0.4) is 0 Å². The Morgan fingerprint density at radius 2 is 2.07 bits per heavy atom. The van der Waals surface area contributed by atoms with Crippen LogP contribution in [0.5, 0.6) is 0 Å². The van der Waals surface area contributed by atoms with Crippen LogP contribution in [-0.2, 0) is 0 Å². The average Bonchev–Trinajstić information content (AvgIpc) is 2.68. The summed E-state index contributed by atoms with van der Waals surface area (Å²) < 4.78 is 5.00. The molecule has 0 aliphatic heterocycles. The molecule has 82 valence electrons. The summed E-state index contributed by atoms with van der Waals surface area (Å²) in [6, 6.07) is 0. The average molecular weight is 206 g/mol. The fourth-order valence-corrected chi connectivity index (χ4v) is 0.919. The van der Waals surface area contributed by atoms with Crippen LogP contribution in [0.1, 0.15) is 32.5 Å². The highest BCUT2D eigenvalue weighted by atomic mass is 16.5. The van der Waals surface area contributed by atoms with E-state index in [9.17, 15) is 0 Å². The Labute approximate surface area is 91.2 Å². The summed E-state index contributed by atoms with van der Waals surface area (Å²) >= 11 is 0. The molecule has 0 atom stereocenters. The molecule has 0 bridgehead atoms.